The summed E-state index contributed by atoms with van der Waals surface area (Å²) in [5, 5.41) is 8.65. The molecule has 1 aromatic rings. The molecular weight excluding hydrogens is 318 g/mol. The number of anilines is 2. The third kappa shape index (κ3) is 7.11. The van der Waals surface area contributed by atoms with Crippen LogP contribution < -0.4 is 21.7 Å². The molecule has 1 aliphatic rings. The number of urea groups is 1. The van der Waals surface area contributed by atoms with Crippen LogP contribution in [0.2, 0.25) is 0 Å². The van der Waals surface area contributed by atoms with E-state index in [9.17, 15) is 9.59 Å². The molecule has 0 saturated carbocycles. The molecule has 1 atom stereocenters. The van der Waals surface area contributed by atoms with Crippen LogP contribution in [0.25, 0.3) is 0 Å². The van der Waals surface area contributed by atoms with E-state index in [1.807, 2.05) is 6.92 Å². The number of hydrogen-bond acceptors (Lipinski definition) is 4. The highest BCUT2D eigenvalue weighted by Crippen LogP contribution is 2.15. The fourth-order valence-electron chi connectivity index (χ4n) is 2.72. The summed E-state index contributed by atoms with van der Waals surface area (Å²) in [6.45, 7) is 3.88. The van der Waals surface area contributed by atoms with Crippen molar-refractivity contribution in [3.8, 4) is 0 Å². The van der Waals surface area contributed by atoms with Crippen molar-refractivity contribution in [2.45, 2.75) is 44.7 Å². The number of rotatable bonds is 6. The summed E-state index contributed by atoms with van der Waals surface area (Å²) in [4.78, 5) is 26.1. The molecule has 0 aromatic heterocycles. The van der Waals surface area contributed by atoms with Gasteiger partial charge in [-0.05, 0) is 70.6 Å². The zero-order chi connectivity index (χ0) is 18.2. The van der Waals surface area contributed by atoms with Crippen molar-refractivity contribution < 1.29 is 9.59 Å². The van der Waals surface area contributed by atoms with Crippen molar-refractivity contribution in [3.63, 3.8) is 0 Å². The smallest absolute Gasteiger partial charge is 0.319 e. The topological polar surface area (TPSA) is 99.5 Å². The third-order valence-electron chi connectivity index (χ3n) is 4.31. The second-order valence-electron chi connectivity index (χ2n) is 6.82. The number of piperidine rings is 1. The third-order valence-corrected chi connectivity index (χ3v) is 4.31. The highest BCUT2D eigenvalue weighted by Gasteiger charge is 2.18. The lowest BCUT2D eigenvalue weighted by Gasteiger charge is -2.29. The number of nitrogens with one attached hydrogen (secondary N) is 3. The quantitative estimate of drug-likeness (QED) is 0.632. The summed E-state index contributed by atoms with van der Waals surface area (Å²) in [6, 6.07) is 7.14. The Balaban J connectivity index is 1.75. The molecule has 1 unspecified atom stereocenters. The van der Waals surface area contributed by atoms with Gasteiger partial charge in [-0.1, -0.05) is 0 Å². The second-order valence-corrected chi connectivity index (χ2v) is 6.82. The number of likely N-dealkylation sites (tertiary alicyclic amines) is 1. The maximum atomic E-state index is 12.1. The summed E-state index contributed by atoms with van der Waals surface area (Å²) < 4.78 is 0. The Kier molecular flexibility index (Phi) is 7.21. The fraction of sp³-hybridized carbons (Fsp3) is 0.556. The molecule has 0 aliphatic carbocycles. The normalized spacial score (nSPS) is 16.9. The van der Waals surface area contributed by atoms with E-state index in [-0.39, 0.29) is 24.0 Å². The lowest BCUT2D eigenvalue weighted by molar-refractivity contribution is -0.116. The molecule has 1 aliphatic heterocycles. The summed E-state index contributed by atoms with van der Waals surface area (Å²) >= 11 is 0. The molecule has 1 fully saturated rings. The number of amides is 3. The Bertz CT molecular complexity index is 565. The molecule has 1 saturated heterocycles. The maximum Gasteiger partial charge on any atom is 0.319 e. The lowest BCUT2D eigenvalue weighted by atomic mass is 10.1. The van der Waals surface area contributed by atoms with Crippen LogP contribution in [0.5, 0.6) is 0 Å². The van der Waals surface area contributed by atoms with E-state index in [1.54, 1.807) is 24.3 Å². The van der Waals surface area contributed by atoms with E-state index >= 15 is 0 Å². The van der Waals surface area contributed by atoms with Gasteiger partial charge < -0.3 is 26.6 Å². The highest BCUT2D eigenvalue weighted by atomic mass is 16.2. The van der Waals surface area contributed by atoms with Crippen LogP contribution in [-0.4, -0.2) is 49.1 Å². The van der Waals surface area contributed by atoms with Gasteiger partial charge in [0.05, 0.1) is 0 Å². The van der Waals surface area contributed by atoms with Gasteiger partial charge in [-0.2, -0.15) is 0 Å². The fourth-order valence-corrected chi connectivity index (χ4v) is 2.72. The number of carbonyl (C=O) groups excluding carboxylic acids is 2. The Labute approximate surface area is 149 Å². The minimum absolute atomic E-state index is 0.0143. The minimum atomic E-state index is -0.191. The number of nitrogens with zero attached hydrogens (tertiary/aromatic N) is 1. The first-order valence-electron chi connectivity index (χ1n) is 8.84. The summed E-state index contributed by atoms with van der Waals surface area (Å²) in [5.74, 6) is -0.0574. The van der Waals surface area contributed by atoms with Crippen LogP contribution in [0, 0.1) is 0 Å². The van der Waals surface area contributed by atoms with Crippen LogP contribution in [0.1, 0.15) is 32.6 Å². The molecule has 5 N–H and O–H groups in total. The summed E-state index contributed by atoms with van der Waals surface area (Å²) in [7, 11) is 2.09. The molecule has 0 spiro atoms. The second kappa shape index (κ2) is 9.39. The Hall–Kier alpha value is -2.12. The van der Waals surface area contributed by atoms with Gasteiger partial charge >= 0.3 is 6.03 Å². The monoisotopic (exact) mass is 347 g/mol. The van der Waals surface area contributed by atoms with Gasteiger partial charge in [0, 0.05) is 29.9 Å². The molecule has 2 rings (SSSR count). The van der Waals surface area contributed by atoms with E-state index in [2.05, 4.69) is 27.9 Å². The molecule has 7 nitrogen and oxygen atoms in total. The minimum Gasteiger partial charge on any atom is -0.335 e. The zero-order valence-electron chi connectivity index (χ0n) is 15.0. The maximum absolute atomic E-state index is 12.1. The van der Waals surface area contributed by atoms with Gasteiger partial charge in [-0.25, -0.2) is 4.79 Å². The first kappa shape index (κ1) is 19.2. The molecule has 1 aromatic carbocycles. The highest BCUT2D eigenvalue weighted by molar-refractivity contribution is 5.92. The molecule has 138 valence electrons. The number of hydrogen-bond donors (Lipinski definition) is 4. The number of carbonyl (C=O) groups is 2. The van der Waals surface area contributed by atoms with Crippen LogP contribution in [-0.2, 0) is 4.79 Å². The van der Waals surface area contributed by atoms with Crippen LogP contribution in [0.4, 0.5) is 16.2 Å². The molecule has 3 amide bonds. The average molecular weight is 347 g/mol. The molecule has 25 heavy (non-hydrogen) atoms. The van der Waals surface area contributed by atoms with Crippen molar-refractivity contribution in [1.82, 2.24) is 10.2 Å². The zero-order valence-corrected chi connectivity index (χ0v) is 15.0. The van der Waals surface area contributed by atoms with Crippen LogP contribution in [0.3, 0.4) is 0 Å². The predicted octanol–water partition coefficient (Wildman–Crippen LogP) is 1.97. The van der Waals surface area contributed by atoms with Gasteiger partial charge in [0.15, 0.2) is 0 Å². The van der Waals surface area contributed by atoms with Crippen molar-refractivity contribution >= 4 is 23.3 Å². The molecule has 0 radical (unpaired) electrons. The van der Waals surface area contributed by atoms with E-state index in [1.165, 1.54) is 0 Å². The molecule has 0 bridgehead atoms. The van der Waals surface area contributed by atoms with Gasteiger partial charge in [-0.3, -0.25) is 4.79 Å². The average Bonchev–Trinajstić information content (AvgIpc) is 2.57. The SMILES string of the molecule is CC(N)CCC(=O)Nc1ccc(NC(=O)NC2CCN(C)CC2)cc1. The Morgan fingerprint density at radius 3 is 2.28 bits per heavy atom. The van der Waals surface area contributed by atoms with Crippen molar-refractivity contribution in [2.24, 2.45) is 5.73 Å². The number of benzene rings is 1. The predicted molar refractivity (Wildman–Crippen MR) is 101 cm³/mol. The summed E-state index contributed by atoms with van der Waals surface area (Å²) in [5.41, 5.74) is 7.04. The van der Waals surface area contributed by atoms with Gasteiger partial charge in [0.1, 0.15) is 0 Å². The summed E-state index contributed by atoms with van der Waals surface area (Å²) in [6.07, 6.45) is 2.99. The van der Waals surface area contributed by atoms with E-state index < -0.39 is 0 Å². The standard InChI is InChI=1S/C18H29N5O2/c1-13(19)3-8-17(24)20-14-4-6-15(7-5-14)21-18(25)22-16-9-11-23(2)12-10-16/h4-7,13,16H,3,8-12,19H2,1-2H3,(H,20,24)(H2,21,22,25). The Morgan fingerprint density at radius 1 is 1.16 bits per heavy atom. The van der Waals surface area contributed by atoms with Crippen molar-refractivity contribution in [3.05, 3.63) is 24.3 Å². The Morgan fingerprint density at radius 2 is 1.72 bits per heavy atom. The van der Waals surface area contributed by atoms with Crippen molar-refractivity contribution in [1.29, 1.82) is 0 Å². The number of nitrogens with two attached hydrogens (primary N) is 1. The van der Waals surface area contributed by atoms with Gasteiger partial charge in [-0.15, -0.1) is 0 Å². The first-order valence-corrected chi connectivity index (χ1v) is 8.84. The molecule has 1 heterocycles. The van der Waals surface area contributed by atoms with Gasteiger partial charge in [0.25, 0.3) is 0 Å². The van der Waals surface area contributed by atoms with E-state index in [0.717, 1.165) is 25.9 Å². The van der Waals surface area contributed by atoms with Gasteiger partial charge in [0.2, 0.25) is 5.91 Å². The van der Waals surface area contributed by atoms with E-state index in [4.69, 9.17) is 5.73 Å². The van der Waals surface area contributed by atoms with E-state index in [0.29, 0.717) is 24.2 Å². The lowest BCUT2D eigenvalue weighted by Crippen LogP contribution is -2.44. The van der Waals surface area contributed by atoms with Crippen molar-refractivity contribution in [2.75, 3.05) is 30.8 Å². The van der Waals surface area contributed by atoms with Crippen LogP contribution >= 0.6 is 0 Å². The first-order chi connectivity index (χ1) is 11.9. The largest absolute Gasteiger partial charge is 0.335 e. The molecular formula is C18H29N5O2. The molecule has 7 heteroatoms. The van der Waals surface area contributed by atoms with Crippen LogP contribution in [0.15, 0.2) is 24.3 Å².